The van der Waals surface area contributed by atoms with Crippen molar-refractivity contribution in [3.63, 3.8) is 0 Å². The van der Waals surface area contributed by atoms with Crippen LogP contribution in [0.3, 0.4) is 0 Å². The summed E-state index contributed by atoms with van der Waals surface area (Å²) in [5, 5.41) is 0. The van der Waals surface area contributed by atoms with Crippen molar-refractivity contribution in [2.45, 2.75) is 12.3 Å². The maximum Gasteiger partial charge on any atom is 0.280 e. The van der Waals surface area contributed by atoms with Crippen molar-refractivity contribution in [3.8, 4) is 0 Å². The van der Waals surface area contributed by atoms with E-state index in [4.69, 9.17) is 11.6 Å². The van der Waals surface area contributed by atoms with Crippen LogP contribution in [0.4, 0.5) is 8.78 Å². The maximum absolute atomic E-state index is 12.2. The zero-order valence-corrected chi connectivity index (χ0v) is 6.65. The average Bonchev–Trinajstić information content (AvgIpc) is 2.30. The molecule has 0 aromatic carbocycles. The number of rotatable bonds is 2. The van der Waals surface area contributed by atoms with Crippen LogP contribution in [0.2, 0.25) is 0 Å². The predicted octanol–water partition coefficient (Wildman–Crippen LogP) is 2.10. The second-order valence-corrected chi connectivity index (χ2v) is 2.39. The molecule has 1 aromatic heterocycles. The van der Waals surface area contributed by atoms with E-state index in [2.05, 4.69) is 4.98 Å². The van der Waals surface area contributed by atoms with E-state index >= 15 is 0 Å². The standard InChI is InChI=1S/C6H7ClF2N2/c1-11-3-10-4(2-7)5(11)6(8)9/h3,6H,2H2,1H3. The molecule has 5 heteroatoms. The Labute approximate surface area is 67.8 Å². The fourth-order valence-corrected chi connectivity index (χ4v) is 1.08. The number of nitrogens with zero attached hydrogens (tertiary/aromatic N) is 2. The van der Waals surface area contributed by atoms with Crippen LogP contribution >= 0.6 is 11.6 Å². The van der Waals surface area contributed by atoms with Crippen molar-refractivity contribution in [3.05, 3.63) is 17.7 Å². The van der Waals surface area contributed by atoms with Crippen LogP contribution in [0.15, 0.2) is 6.33 Å². The van der Waals surface area contributed by atoms with Crippen molar-refractivity contribution < 1.29 is 8.78 Å². The fraction of sp³-hybridized carbons (Fsp3) is 0.500. The van der Waals surface area contributed by atoms with E-state index in [1.165, 1.54) is 17.9 Å². The van der Waals surface area contributed by atoms with Gasteiger partial charge in [0, 0.05) is 7.05 Å². The first kappa shape index (κ1) is 8.46. The van der Waals surface area contributed by atoms with Crippen molar-refractivity contribution in [2.24, 2.45) is 7.05 Å². The highest BCUT2D eigenvalue weighted by atomic mass is 35.5. The molecule has 62 valence electrons. The molecule has 0 N–H and O–H groups in total. The van der Waals surface area contributed by atoms with Crippen LogP contribution in [0, 0.1) is 0 Å². The van der Waals surface area contributed by atoms with Crippen LogP contribution in [-0.2, 0) is 12.9 Å². The molecule has 2 nitrogen and oxygen atoms in total. The molecule has 0 aliphatic rings. The van der Waals surface area contributed by atoms with Gasteiger partial charge in [0.2, 0.25) is 0 Å². The van der Waals surface area contributed by atoms with Gasteiger partial charge < -0.3 is 4.57 Å². The lowest BCUT2D eigenvalue weighted by Gasteiger charge is -2.01. The van der Waals surface area contributed by atoms with E-state index in [9.17, 15) is 8.78 Å². The van der Waals surface area contributed by atoms with Crippen LogP contribution < -0.4 is 0 Å². The first-order chi connectivity index (χ1) is 5.16. The summed E-state index contributed by atoms with van der Waals surface area (Å²) in [5.41, 5.74) is 0.157. The largest absolute Gasteiger partial charge is 0.333 e. The molecule has 0 amide bonds. The summed E-state index contributed by atoms with van der Waals surface area (Å²) in [6.07, 6.45) is -1.17. The molecule has 1 heterocycles. The second kappa shape index (κ2) is 3.17. The number of aryl methyl sites for hydroxylation is 1. The normalized spacial score (nSPS) is 11.0. The van der Waals surface area contributed by atoms with Gasteiger partial charge in [-0.2, -0.15) is 0 Å². The Morgan fingerprint density at radius 1 is 1.73 bits per heavy atom. The minimum atomic E-state index is -2.50. The Kier molecular flexibility index (Phi) is 2.44. The molecule has 0 fully saturated rings. The highest BCUT2D eigenvalue weighted by molar-refractivity contribution is 6.16. The number of alkyl halides is 3. The summed E-state index contributed by atoms with van der Waals surface area (Å²) in [5.74, 6) is 0.0283. The first-order valence-electron chi connectivity index (χ1n) is 3.01. The monoisotopic (exact) mass is 180 g/mol. The van der Waals surface area contributed by atoms with E-state index in [1.54, 1.807) is 0 Å². The van der Waals surface area contributed by atoms with Crippen molar-refractivity contribution in [2.75, 3.05) is 0 Å². The highest BCUT2D eigenvalue weighted by Gasteiger charge is 2.16. The van der Waals surface area contributed by atoms with Gasteiger partial charge >= 0.3 is 0 Å². The molecular formula is C6H7ClF2N2. The van der Waals surface area contributed by atoms with Crippen LogP contribution in [-0.4, -0.2) is 9.55 Å². The van der Waals surface area contributed by atoms with E-state index in [1.807, 2.05) is 0 Å². The van der Waals surface area contributed by atoms with E-state index < -0.39 is 6.43 Å². The van der Waals surface area contributed by atoms with Crippen LogP contribution in [0.5, 0.6) is 0 Å². The number of hydrogen-bond donors (Lipinski definition) is 0. The van der Waals surface area contributed by atoms with Gasteiger partial charge in [-0.1, -0.05) is 0 Å². The second-order valence-electron chi connectivity index (χ2n) is 2.12. The summed E-state index contributed by atoms with van der Waals surface area (Å²) >= 11 is 5.38. The van der Waals surface area contributed by atoms with Gasteiger partial charge in [0.05, 0.1) is 17.9 Å². The molecule has 0 radical (unpaired) electrons. The Balaban J connectivity index is 3.07. The lowest BCUT2D eigenvalue weighted by Crippen LogP contribution is -1.97. The van der Waals surface area contributed by atoms with Gasteiger partial charge in [-0.25, -0.2) is 13.8 Å². The minimum absolute atomic E-state index is 0.0283. The zero-order valence-electron chi connectivity index (χ0n) is 5.89. The van der Waals surface area contributed by atoms with E-state index in [0.717, 1.165) is 0 Å². The Morgan fingerprint density at radius 3 is 2.73 bits per heavy atom. The minimum Gasteiger partial charge on any atom is -0.333 e. The SMILES string of the molecule is Cn1cnc(CCl)c1C(F)F. The molecule has 1 rings (SSSR count). The van der Waals surface area contributed by atoms with Gasteiger partial charge in [0.15, 0.2) is 0 Å². The third-order valence-corrected chi connectivity index (χ3v) is 1.65. The first-order valence-corrected chi connectivity index (χ1v) is 3.54. The Morgan fingerprint density at radius 2 is 2.36 bits per heavy atom. The zero-order chi connectivity index (χ0) is 8.43. The van der Waals surface area contributed by atoms with Crippen LogP contribution in [0.25, 0.3) is 0 Å². The topological polar surface area (TPSA) is 17.8 Å². The highest BCUT2D eigenvalue weighted by Crippen LogP contribution is 2.22. The van der Waals surface area contributed by atoms with Crippen molar-refractivity contribution >= 4 is 11.6 Å². The van der Waals surface area contributed by atoms with Gasteiger partial charge in [-0.05, 0) is 0 Å². The lowest BCUT2D eigenvalue weighted by molar-refractivity contribution is 0.141. The summed E-state index contributed by atoms with van der Waals surface area (Å²) in [7, 11) is 1.52. The quantitative estimate of drug-likeness (QED) is 0.638. The lowest BCUT2D eigenvalue weighted by atomic mass is 10.3. The molecule has 0 aliphatic heterocycles. The molecule has 0 saturated heterocycles. The summed E-state index contributed by atoms with van der Waals surface area (Å²) in [6.45, 7) is 0. The Bertz CT molecular complexity index is 247. The van der Waals surface area contributed by atoms with Crippen molar-refractivity contribution in [1.29, 1.82) is 0 Å². The molecule has 11 heavy (non-hydrogen) atoms. The number of aromatic nitrogens is 2. The number of imidazole rings is 1. The molecular weight excluding hydrogens is 174 g/mol. The smallest absolute Gasteiger partial charge is 0.280 e. The van der Waals surface area contributed by atoms with E-state index in [-0.39, 0.29) is 17.3 Å². The molecule has 0 aliphatic carbocycles. The number of hydrogen-bond acceptors (Lipinski definition) is 1. The van der Waals surface area contributed by atoms with E-state index in [0.29, 0.717) is 0 Å². The molecule has 0 atom stereocenters. The average molecular weight is 181 g/mol. The maximum atomic E-state index is 12.2. The summed E-state index contributed by atoms with van der Waals surface area (Å²) in [4.78, 5) is 3.71. The summed E-state index contributed by atoms with van der Waals surface area (Å²) in [6, 6.07) is 0. The van der Waals surface area contributed by atoms with Gasteiger partial charge in [-0.15, -0.1) is 11.6 Å². The third kappa shape index (κ3) is 1.50. The Hall–Kier alpha value is -0.640. The molecule has 0 saturated carbocycles. The fourth-order valence-electron chi connectivity index (χ4n) is 0.871. The predicted molar refractivity (Wildman–Crippen MR) is 37.7 cm³/mol. The molecule has 0 bridgehead atoms. The molecule has 0 spiro atoms. The summed E-state index contributed by atoms with van der Waals surface area (Å²) < 4.78 is 25.7. The molecule has 0 unspecified atom stereocenters. The number of halogens is 3. The van der Waals surface area contributed by atoms with Gasteiger partial charge in [-0.3, -0.25) is 0 Å². The third-order valence-electron chi connectivity index (χ3n) is 1.40. The molecule has 1 aromatic rings. The van der Waals surface area contributed by atoms with Crippen LogP contribution in [0.1, 0.15) is 17.8 Å². The van der Waals surface area contributed by atoms with Gasteiger partial charge in [0.25, 0.3) is 6.43 Å². The van der Waals surface area contributed by atoms with Gasteiger partial charge in [0.1, 0.15) is 5.69 Å². The van der Waals surface area contributed by atoms with Crippen molar-refractivity contribution in [1.82, 2.24) is 9.55 Å².